The van der Waals surface area contributed by atoms with Crippen molar-refractivity contribution < 1.29 is 0 Å². The van der Waals surface area contributed by atoms with Crippen molar-refractivity contribution in [1.82, 2.24) is 9.97 Å². The summed E-state index contributed by atoms with van der Waals surface area (Å²) in [5, 5.41) is 1.61. The van der Waals surface area contributed by atoms with E-state index in [-0.39, 0.29) is 0 Å². The van der Waals surface area contributed by atoms with Gasteiger partial charge in [-0.15, -0.1) is 11.3 Å². The summed E-state index contributed by atoms with van der Waals surface area (Å²) in [6, 6.07) is 0. The van der Waals surface area contributed by atoms with E-state index in [1.54, 1.807) is 0 Å². The first-order valence-electron chi connectivity index (χ1n) is 7.02. The van der Waals surface area contributed by atoms with Crippen molar-refractivity contribution in [2.75, 3.05) is 11.5 Å². The summed E-state index contributed by atoms with van der Waals surface area (Å²) in [5.74, 6) is 2.91. The van der Waals surface area contributed by atoms with E-state index in [4.69, 9.17) is 10.7 Å². The molecule has 2 aromatic heterocycles. The number of rotatable bonds is 1. The molecule has 2 aromatic rings. The second-order valence-electron chi connectivity index (χ2n) is 5.36. The van der Waals surface area contributed by atoms with E-state index in [9.17, 15) is 0 Å². The molecule has 19 heavy (non-hydrogen) atoms. The lowest BCUT2D eigenvalue weighted by Crippen LogP contribution is -2.08. The highest BCUT2D eigenvalue weighted by atomic mass is 32.2. The monoisotopic (exact) mass is 291 g/mol. The number of nitrogens with zero attached hydrogens (tertiary/aromatic N) is 2. The third-order valence-electron chi connectivity index (χ3n) is 4.08. The molecule has 0 spiro atoms. The zero-order valence-corrected chi connectivity index (χ0v) is 12.4. The molecule has 2 N–H and O–H groups in total. The number of hydrogen-bond acceptors (Lipinski definition) is 5. The van der Waals surface area contributed by atoms with Crippen molar-refractivity contribution in [3.63, 3.8) is 0 Å². The minimum absolute atomic E-state index is 0.456. The van der Waals surface area contributed by atoms with Crippen molar-refractivity contribution in [3.8, 4) is 0 Å². The van der Waals surface area contributed by atoms with Gasteiger partial charge in [0.2, 0.25) is 0 Å². The maximum atomic E-state index is 6.23. The molecule has 1 atom stereocenters. The van der Waals surface area contributed by atoms with Gasteiger partial charge in [-0.2, -0.15) is 11.8 Å². The highest BCUT2D eigenvalue weighted by Gasteiger charge is 2.24. The van der Waals surface area contributed by atoms with Crippen LogP contribution >= 0.6 is 23.1 Å². The maximum absolute atomic E-state index is 6.23. The Morgan fingerprint density at radius 3 is 2.89 bits per heavy atom. The zero-order valence-electron chi connectivity index (χ0n) is 10.8. The van der Waals surface area contributed by atoms with Gasteiger partial charge < -0.3 is 5.73 Å². The number of nitrogens with two attached hydrogens (primary N) is 1. The molecule has 1 fully saturated rings. The fourth-order valence-electron chi connectivity index (χ4n) is 3.13. The third-order valence-corrected chi connectivity index (χ3v) is 6.64. The Labute approximate surface area is 121 Å². The quantitative estimate of drug-likeness (QED) is 0.870. The number of aromatic nitrogens is 2. The largest absolute Gasteiger partial charge is 0.383 e. The summed E-state index contributed by atoms with van der Waals surface area (Å²) in [5.41, 5.74) is 7.66. The van der Waals surface area contributed by atoms with Gasteiger partial charge >= 0.3 is 0 Å². The Morgan fingerprint density at radius 2 is 2.05 bits per heavy atom. The molecule has 1 unspecified atom stereocenters. The first-order chi connectivity index (χ1) is 9.33. The van der Waals surface area contributed by atoms with Crippen molar-refractivity contribution in [3.05, 3.63) is 16.3 Å². The minimum Gasteiger partial charge on any atom is -0.383 e. The van der Waals surface area contributed by atoms with Crippen molar-refractivity contribution in [2.24, 2.45) is 0 Å². The molecular weight excluding hydrogens is 274 g/mol. The molecule has 0 saturated carbocycles. The second-order valence-corrected chi connectivity index (χ2v) is 7.75. The Morgan fingerprint density at radius 1 is 1.11 bits per heavy atom. The zero-order chi connectivity index (χ0) is 12.8. The Hall–Kier alpha value is -0.810. The topological polar surface area (TPSA) is 51.8 Å². The molecule has 2 aliphatic rings. The molecule has 1 saturated heterocycles. The van der Waals surface area contributed by atoms with Crippen LogP contribution in [0.4, 0.5) is 5.82 Å². The van der Waals surface area contributed by atoms with Crippen LogP contribution in [0.3, 0.4) is 0 Å². The molecule has 0 bridgehead atoms. The number of aryl methyl sites for hydroxylation is 2. The molecule has 5 heteroatoms. The van der Waals surface area contributed by atoms with Crippen LogP contribution in [0, 0.1) is 0 Å². The summed E-state index contributed by atoms with van der Waals surface area (Å²) >= 11 is 3.83. The second kappa shape index (κ2) is 4.63. The molecule has 0 amide bonds. The number of fused-ring (bicyclic) bond motifs is 3. The molecular formula is C14H17N3S2. The summed E-state index contributed by atoms with van der Waals surface area (Å²) in [4.78, 5) is 12.1. The van der Waals surface area contributed by atoms with Crippen LogP contribution in [0.25, 0.3) is 10.2 Å². The van der Waals surface area contributed by atoms with Crippen molar-refractivity contribution >= 4 is 39.1 Å². The molecule has 1 aliphatic carbocycles. The Kier molecular flexibility index (Phi) is 2.92. The normalized spacial score (nSPS) is 22.8. The highest BCUT2D eigenvalue weighted by molar-refractivity contribution is 7.99. The number of nitrogen functional groups attached to an aromatic ring is 1. The van der Waals surface area contributed by atoms with Gasteiger partial charge in [0.1, 0.15) is 16.5 Å². The van der Waals surface area contributed by atoms with Gasteiger partial charge in [-0.05, 0) is 43.4 Å². The van der Waals surface area contributed by atoms with Gasteiger partial charge in [0.25, 0.3) is 0 Å². The lowest BCUT2D eigenvalue weighted by atomic mass is 10.1. The van der Waals surface area contributed by atoms with Gasteiger partial charge in [-0.3, -0.25) is 0 Å². The summed E-state index contributed by atoms with van der Waals surface area (Å²) in [7, 11) is 0. The highest BCUT2D eigenvalue weighted by Crippen LogP contribution is 2.42. The predicted octanol–water partition coefficient (Wildman–Crippen LogP) is 3.72. The number of hydrogen-bond donors (Lipinski definition) is 1. The lowest BCUT2D eigenvalue weighted by Gasteiger charge is -2.20. The first-order valence-corrected chi connectivity index (χ1v) is 8.89. The minimum atomic E-state index is 0.456. The number of thiophene rings is 1. The van der Waals surface area contributed by atoms with E-state index in [1.807, 2.05) is 23.1 Å². The van der Waals surface area contributed by atoms with E-state index in [1.165, 1.54) is 48.3 Å². The third kappa shape index (κ3) is 1.94. The van der Waals surface area contributed by atoms with Gasteiger partial charge in [0, 0.05) is 4.88 Å². The Balaban J connectivity index is 1.82. The molecule has 3 heterocycles. The smallest absolute Gasteiger partial charge is 0.145 e. The average molecular weight is 291 g/mol. The molecule has 100 valence electrons. The van der Waals surface area contributed by atoms with Crippen LogP contribution in [0.5, 0.6) is 0 Å². The van der Waals surface area contributed by atoms with E-state index >= 15 is 0 Å². The Bertz CT molecular complexity index is 629. The van der Waals surface area contributed by atoms with Crippen LogP contribution in [0.15, 0.2) is 0 Å². The van der Waals surface area contributed by atoms with Crippen LogP contribution in [0.2, 0.25) is 0 Å². The predicted molar refractivity (Wildman–Crippen MR) is 82.9 cm³/mol. The lowest BCUT2D eigenvalue weighted by molar-refractivity contribution is 0.665. The van der Waals surface area contributed by atoms with Crippen LogP contribution < -0.4 is 5.73 Å². The number of anilines is 1. The summed E-state index contributed by atoms with van der Waals surface area (Å²) in [6.45, 7) is 0. The molecule has 4 rings (SSSR count). The molecule has 0 aromatic carbocycles. The molecule has 1 aliphatic heterocycles. The molecule has 3 nitrogen and oxygen atoms in total. The van der Waals surface area contributed by atoms with Crippen LogP contribution in [-0.4, -0.2) is 15.7 Å². The standard InChI is InChI=1S/C14H17N3S2/c15-12-11-8-4-3-6-9(8)19-14(11)17-13(16-12)10-5-1-2-7-18-10/h10H,1-7H2,(H2,15,16,17). The van der Waals surface area contributed by atoms with Gasteiger partial charge in [-0.25, -0.2) is 9.97 Å². The first kappa shape index (κ1) is 12.0. The van der Waals surface area contributed by atoms with Crippen LogP contribution in [-0.2, 0) is 12.8 Å². The summed E-state index contributed by atoms with van der Waals surface area (Å²) in [6.07, 6.45) is 7.42. The van der Waals surface area contributed by atoms with Gasteiger partial charge in [-0.1, -0.05) is 6.42 Å². The van der Waals surface area contributed by atoms with Crippen LogP contribution in [0.1, 0.15) is 47.2 Å². The SMILES string of the molecule is Nc1nc(C2CCCCS2)nc2sc3c(c12)CCC3. The number of thioether (sulfide) groups is 1. The van der Waals surface area contributed by atoms with E-state index in [0.29, 0.717) is 11.1 Å². The average Bonchev–Trinajstić information content (AvgIpc) is 2.99. The molecule has 0 radical (unpaired) electrons. The van der Waals surface area contributed by atoms with Gasteiger partial charge in [0.15, 0.2) is 0 Å². The fourth-order valence-corrected chi connectivity index (χ4v) is 5.65. The van der Waals surface area contributed by atoms with E-state index in [2.05, 4.69) is 4.98 Å². The van der Waals surface area contributed by atoms with E-state index in [0.717, 1.165) is 22.5 Å². The van der Waals surface area contributed by atoms with E-state index < -0.39 is 0 Å². The summed E-state index contributed by atoms with van der Waals surface area (Å²) < 4.78 is 0. The van der Waals surface area contributed by atoms with Crippen molar-refractivity contribution in [2.45, 2.75) is 43.8 Å². The van der Waals surface area contributed by atoms with Crippen molar-refractivity contribution in [1.29, 1.82) is 0 Å². The fraction of sp³-hybridized carbons (Fsp3) is 0.571. The van der Waals surface area contributed by atoms with Gasteiger partial charge in [0.05, 0.1) is 10.6 Å². The maximum Gasteiger partial charge on any atom is 0.145 e.